The highest BCUT2D eigenvalue weighted by Crippen LogP contribution is 2.35. The Hall–Kier alpha value is -2.97. The first-order chi connectivity index (χ1) is 12.0. The van der Waals surface area contributed by atoms with Gasteiger partial charge in [0, 0.05) is 23.0 Å². The molecule has 3 nitrogen and oxygen atoms in total. The summed E-state index contributed by atoms with van der Waals surface area (Å²) in [5.74, 6) is -2.08. The Morgan fingerprint density at radius 2 is 1.62 bits per heavy atom. The fourth-order valence-electron chi connectivity index (χ4n) is 2.66. The number of nitrogen functional groups attached to an aromatic ring is 1. The zero-order chi connectivity index (χ0) is 19.3. The van der Waals surface area contributed by atoms with Crippen LogP contribution in [0, 0.1) is 0 Å². The van der Waals surface area contributed by atoms with Gasteiger partial charge in [0.2, 0.25) is 0 Å². The van der Waals surface area contributed by atoms with Gasteiger partial charge in [0.1, 0.15) is 0 Å². The zero-order valence-electron chi connectivity index (χ0n) is 12.8. The number of halogens is 6. The molecule has 26 heavy (non-hydrogen) atoms. The van der Waals surface area contributed by atoms with E-state index in [4.69, 9.17) is 5.73 Å². The van der Waals surface area contributed by atoms with E-state index in [9.17, 15) is 31.1 Å². The molecule has 1 heterocycles. The maximum atomic E-state index is 13.0. The second-order valence-electron chi connectivity index (χ2n) is 5.57. The molecule has 9 heteroatoms. The van der Waals surface area contributed by atoms with Crippen LogP contribution in [0.2, 0.25) is 0 Å². The first-order valence-corrected chi connectivity index (χ1v) is 7.18. The van der Waals surface area contributed by atoms with Crippen molar-refractivity contribution >= 4 is 22.4 Å². The first-order valence-electron chi connectivity index (χ1n) is 7.18. The minimum Gasteiger partial charge on any atom is -0.399 e. The lowest BCUT2D eigenvalue weighted by Gasteiger charge is -2.12. The Kier molecular flexibility index (Phi) is 3.97. The number of alkyl halides is 6. The van der Waals surface area contributed by atoms with Crippen molar-refractivity contribution in [3.05, 3.63) is 59.8 Å². The quantitative estimate of drug-likeness (QED) is 0.392. The summed E-state index contributed by atoms with van der Waals surface area (Å²) in [6, 6.07) is 8.28. The molecule has 0 aliphatic carbocycles. The van der Waals surface area contributed by atoms with Gasteiger partial charge in [0.25, 0.3) is 5.78 Å². The minimum atomic E-state index is -5.11. The lowest BCUT2D eigenvalue weighted by molar-refractivity contribution is -0.137. The molecule has 0 aliphatic rings. The van der Waals surface area contributed by atoms with Gasteiger partial charge in [-0.05, 0) is 24.3 Å². The summed E-state index contributed by atoms with van der Waals surface area (Å²) in [4.78, 5) is 11.7. The average Bonchev–Trinajstić information content (AvgIpc) is 2.91. The summed E-state index contributed by atoms with van der Waals surface area (Å²) in [7, 11) is 0. The molecule has 2 aromatic carbocycles. The van der Waals surface area contributed by atoms with Gasteiger partial charge in [-0.1, -0.05) is 18.2 Å². The van der Waals surface area contributed by atoms with Crippen LogP contribution in [0.15, 0.2) is 48.7 Å². The summed E-state index contributed by atoms with van der Waals surface area (Å²) < 4.78 is 78.6. The smallest absolute Gasteiger partial charge is 0.399 e. The van der Waals surface area contributed by atoms with Crippen molar-refractivity contribution in [3.8, 4) is 5.69 Å². The number of nitrogens with two attached hydrogens (primary N) is 1. The molecule has 0 aliphatic heterocycles. The van der Waals surface area contributed by atoms with Gasteiger partial charge in [-0.15, -0.1) is 0 Å². The van der Waals surface area contributed by atoms with E-state index >= 15 is 0 Å². The summed E-state index contributed by atoms with van der Waals surface area (Å²) in [6.07, 6.45) is -8.92. The number of benzene rings is 2. The first kappa shape index (κ1) is 17.8. The van der Waals surface area contributed by atoms with Crippen molar-refractivity contribution in [3.63, 3.8) is 0 Å². The molecule has 136 valence electrons. The second-order valence-corrected chi connectivity index (χ2v) is 5.57. The highest BCUT2D eigenvalue weighted by molar-refractivity contribution is 6.11. The summed E-state index contributed by atoms with van der Waals surface area (Å²) in [6.45, 7) is 0. The summed E-state index contributed by atoms with van der Waals surface area (Å²) >= 11 is 0. The van der Waals surface area contributed by atoms with Crippen LogP contribution >= 0.6 is 0 Å². The van der Waals surface area contributed by atoms with E-state index < -0.39 is 29.3 Å². The van der Waals surface area contributed by atoms with Crippen LogP contribution in [0.1, 0.15) is 15.9 Å². The topological polar surface area (TPSA) is 48.0 Å². The Labute approximate surface area is 142 Å². The van der Waals surface area contributed by atoms with Gasteiger partial charge in [-0.2, -0.15) is 26.3 Å². The van der Waals surface area contributed by atoms with E-state index in [0.29, 0.717) is 0 Å². The van der Waals surface area contributed by atoms with Crippen molar-refractivity contribution in [1.82, 2.24) is 4.57 Å². The number of fused-ring (bicyclic) bond motifs is 1. The molecule has 0 spiro atoms. The lowest BCUT2D eigenvalue weighted by atomic mass is 10.1. The standard InChI is InChI=1S/C17H10F6N2O/c18-16(19,20)9-5-10(24)7-11(6-9)25-8-13(15(26)17(21,22)23)12-3-1-2-4-14(12)25/h1-8H,24H2. The Morgan fingerprint density at radius 1 is 0.962 bits per heavy atom. The zero-order valence-corrected chi connectivity index (χ0v) is 12.8. The molecule has 0 bridgehead atoms. The number of carbonyl (C=O) groups excluding carboxylic acids is 1. The number of anilines is 1. The van der Waals surface area contributed by atoms with Gasteiger partial charge in [-0.3, -0.25) is 4.79 Å². The van der Waals surface area contributed by atoms with Crippen LogP contribution in [0.5, 0.6) is 0 Å². The molecular weight excluding hydrogens is 362 g/mol. The van der Waals surface area contributed by atoms with Gasteiger partial charge in [0.05, 0.1) is 16.6 Å². The maximum Gasteiger partial charge on any atom is 0.454 e. The van der Waals surface area contributed by atoms with Crippen LogP contribution in [0.4, 0.5) is 32.0 Å². The van der Waals surface area contributed by atoms with Crippen LogP contribution in [-0.2, 0) is 6.18 Å². The fraction of sp³-hybridized carbons (Fsp3) is 0.118. The Bertz CT molecular complexity index is 1000. The average molecular weight is 372 g/mol. The molecule has 0 radical (unpaired) electrons. The second kappa shape index (κ2) is 5.79. The molecule has 0 atom stereocenters. The van der Waals surface area contributed by atoms with Crippen molar-refractivity contribution in [2.45, 2.75) is 12.4 Å². The number of aromatic nitrogens is 1. The highest BCUT2D eigenvalue weighted by Gasteiger charge is 2.41. The molecule has 0 saturated heterocycles. The van der Waals surface area contributed by atoms with E-state index in [0.717, 1.165) is 22.9 Å². The summed E-state index contributed by atoms with van der Waals surface area (Å²) in [5.41, 5.74) is 3.65. The number of hydrogen-bond donors (Lipinski definition) is 1. The number of carbonyl (C=O) groups is 1. The molecule has 0 amide bonds. The SMILES string of the molecule is Nc1cc(-n2cc(C(=O)C(F)(F)F)c3ccccc32)cc(C(F)(F)F)c1. The number of Topliss-reactive ketones (excluding diaryl/α,β-unsaturated/α-hetero) is 1. The number of hydrogen-bond acceptors (Lipinski definition) is 2. The van der Waals surface area contributed by atoms with Crippen molar-refractivity contribution < 1.29 is 31.1 Å². The monoisotopic (exact) mass is 372 g/mol. The Morgan fingerprint density at radius 3 is 2.23 bits per heavy atom. The van der Waals surface area contributed by atoms with Gasteiger partial charge in [-0.25, -0.2) is 0 Å². The third-order valence-corrected chi connectivity index (χ3v) is 3.76. The fourth-order valence-corrected chi connectivity index (χ4v) is 2.66. The van der Waals surface area contributed by atoms with Gasteiger partial charge < -0.3 is 10.3 Å². The number of para-hydroxylation sites is 1. The molecule has 2 N–H and O–H groups in total. The van der Waals surface area contributed by atoms with Crippen LogP contribution in [-0.4, -0.2) is 16.5 Å². The third kappa shape index (κ3) is 3.12. The normalized spacial score (nSPS) is 12.5. The molecule has 0 fully saturated rings. The number of nitrogens with zero attached hydrogens (tertiary/aromatic N) is 1. The van der Waals surface area contributed by atoms with E-state index in [2.05, 4.69) is 0 Å². The van der Waals surface area contributed by atoms with Gasteiger partial charge >= 0.3 is 12.4 Å². The van der Waals surface area contributed by atoms with Crippen LogP contribution in [0.25, 0.3) is 16.6 Å². The molecule has 0 saturated carbocycles. The predicted octanol–water partition coefficient (Wildman–Crippen LogP) is 4.98. The van der Waals surface area contributed by atoms with E-state index in [1.54, 1.807) is 0 Å². The van der Waals surface area contributed by atoms with Gasteiger partial charge in [0.15, 0.2) is 0 Å². The number of rotatable bonds is 2. The number of ketones is 1. The lowest BCUT2D eigenvalue weighted by Crippen LogP contribution is -2.22. The van der Waals surface area contributed by atoms with E-state index in [1.807, 2.05) is 0 Å². The molecule has 3 aromatic rings. The minimum absolute atomic E-state index is 0.0224. The highest BCUT2D eigenvalue weighted by atomic mass is 19.4. The molecule has 0 unspecified atom stereocenters. The van der Waals surface area contributed by atoms with Crippen molar-refractivity contribution in [2.75, 3.05) is 5.73 Å². The van der Waals surface area contributed by atoms with E-state index in [1.165, 1.54) is 30.3 Å². The molecular formula is C17H10F6N2O. The van der Waals surface area contributed by atoms with Crippen LogP contribution in [0.3, 0.4) is 0 Å². The molecule has 3 rings (SSSR count). The van der Waals surface area contributed by atoms with E-state index in [-0.39, 0.29) is 22.3 Å². The Balaban J connectivity index is 2.28. The predicted molar refractivity (Wildman–Crippen MR) is 83.1 cm³/mol. The van der Waals surface area contributed by atoms with Crippen LogP contribution < -0.4 is 5.73 Å². The van der Waals surface area contributed by atoms with Crippen molar-refractivity contribution in [2.24, 2.45) is 0 Å². The third-order valence-electron chi connectivity index (χ3n) is 3.76. The summed E-state index contributed by atoms with van der Waals surface area (Å²) in [5, 5.41) is -0.0224. The molecule has 1 aromatic heterocycles. The van der Waals surface area contributed by atoms with Crippen molar-refractivity contribution in [1.29, 1.82) is 0 Å². The maximum absolute atomic E-state index is 13.0. The largest absolute Gasteiger partial charge is 0.454 e.